The topological polar surface area (TPSA) is 56.8 Å². The van der Waals surface area contributed by atoms with E-state index >= 15 is 0 Å². The fourth-order valence-electron chi connectivity index (χ4n) is 4.69. The van der Waals surface area contributed by atoms with Gasteiger partial charge in [-0.3, -0.25) is 15.0 Å². The minimum Gasteiger partial charge on any atom is -0.496 e. The van der Waals surface area contributed by atoms with Crippen molar-refractivity contribution < 1.29 is 9.53 Å². The number of carbonyl (C=O) groups is 1. The Morgan fingerprint density at radius 2 is 1.58 bits per heavy atom. The summed E-state index contributed by atoms with van der Waals surface area (Å²) in [6.07, 6.45) is 0. The summed E-state index contributed by atoms with van der Waals surface area (Å²) in [5, 5.41) is 8.88. The number of amides is 1. The van der Waals surface area contributed by atoms with Crippen molar-refractivity contribution in [3.63, 3.8) is 0 Å². The third-order valence-electron chi connectivity index (χ3n) is 6.75. The number of carbonyl (C=O) groups excluding carboxylic acids is 1. The zero-order valence-corrected chi connectivity index (χ0v) is 22.7. The van der Waals surface area contributed by atoms with Gasteiger partial charge >= 0.3 is 0 Å². The van der Waals surface area contributed by atoms with E-state index in [1.807, 2.05) is 66.7 Å². The number of methoxy groups -OCH3 is 1. The lowest BCUT2D eigenvalue weighted by atomic mass is 10.1. The quantitative estimate of drug-likeness (QED) is 0.293. The summed E-state index contributed by atoms with van der Waals surface area (Å²) in [5.41, 5.74) is 3.56. The summed E-state index contributed by atoms with van der Waals surface area (Å²) in [4.78, 5) is 17.8. The molecular formula is C30H29ClN4O2S. The molecule has 1 heterocycles. The summed E-state index contributed by atoms with van der Waals surface area (Å²) in [5.74, 6) is 0.178. The normalized spacial score (nSPS) is 13.8. The van der Waals surface area contributed by atoms with Gasteiger partial charge in [-0.2, -0.15) is 0 Å². The first kappa shape index (κ1) is 26.0. The van der Waals surface area contributed by atoms with E-state index < -0.39 is 0 Å². The van der Waals surface area contributed by atoms with E-state index in [4.69, 9.17) is 28.6 Å². The van der Waals surface area contributed by atoms with Crippen LogP contribution in [0.5, 0.6) is 5.75 Å². The molecule has 5 rings (SSSR count). The van der Waals surface area contributed by atoms with Gasteiger partial charge in [-0.15, -0.1) is 0 Å². The predicted octanol–water partition coefficient (Wildman–Crippen LogP) is 5.95. The number of anilines is 2. The summed E-state index contributed by atoms with van der Waals surface area (Å²) in [7, 11) is 1.55. The van der Waals surface area contributed by atoms with Crippen LogP contribution in [0.2, 0.25) is 5.02 Å². The SMILES string of the molecule is COc1cc2ccccc2cc1C(=O)NC(=S)Nc1ccc(N2CCN(Cc3ccccc3Cl)CC2)cc1. The number of nitrogens with zero attached hydrogens (tertiary/aromatic N) is 2. The van der Waals surface area contributed by atoms with Gasteiger partial charge in [0.15, 0.2) is 5.11 Å². The van der Waals surface area contributed by atoms with Crippen molar-refractivity contribution in [2.45, 2.75) is 6.54 Å². The van der Waals surface area contributed by atoms with Crippen LogP contribution < -0.4 is 20.3 Å². The molecule has 0 atom stereocenters. The van der Waals surface area contributed by atoms with Crippen molar-refractivity contribution in [1.29, 1.82) is 0 Å². The molecule has 0 unspecified atom stereocenters. The highest BCUT2D eigenvalue weighted by molar-refractivity contribution is 7.80. The van der Waals surface area contributed by atoms with Crippen LogP contribution in [0, 0.1) is 0 Å². The molecule has 4 aromatic rings. The van der Waals surface area contributed by atoms with Gasteiger partial charge in [-0.1, -0.05) is 54.1 Å². The first-order valence-corrected chi connectivity index (χ1v) is 13.3. The van der Waals surface area contributed by atoms with Crippen molar-refractivity contribution >= 4 is 57.0 Å². The first-order chi connectivity index (χ1) is 18.5. The van der Waals surface area contributed by atoms with E-state index in [0.717, 1.165) is 59.9 Å². The monoisotopic (exact) mass is 544 g/mol. The lowest BCUT2D eigenvalue weighted by Gasteiger charge is -2.36. The molecule has 0 spiro atoms. The fourth-order valence-corrected chi connectivity index (χ4v) is 5.09. The standard InChI is InChI=1S/C30H29ClN4O2S/c1-37-28-19-22-7-3-2-6-21(22)18-26(28)29(36)33-30(38)32-24-10-12-25(13-11-24)35-16-14-34(15-17-35)20-23-8-4-5-9-27(23)31/h2-13,18-19H,14-17,20H2,1H3,(H2,32,33,36,38). The zero-order valence-electron chi connectivity index (χ0n) is 21.1. The lowest BCUT2D eigenvalue weighted by Crippen LogP contribution is -2.46. The van der Waals surface area contributed by atoms with Gasteiger partial charge in [-0.05, 0) is 71.0 Å². The Morgan fingerprint density at radius 3 is 2.26 bits per heavy atom. The molecule has 0 radical (unpaired) electrons. The minimum atomic E-state index is -0.323. The lowest BCUT2D eigenvalue weighted by molar-refractivity contribution is 0.0975. The molecule has 4 aromatic carbocycles. The van der Waals surface area contributed by atoms with Gasteiger partial charge in [0.1, 0.15) is 5.75 Å². The van der Waals surface area contributed by atoms with E-state index in [0.29, 0.717) is 11.3 Å². The number of thiocarbonyl (C=S) groups is 1. The molecule has 2 N–H and O–H groups in total. The Hall–Kier alpha value is -3.65. The van der Waals surface area contributed by atoms with Crippen molar-refractivity contribution in [3.05, 3.63) is 101 Å². The second-order valence-electron chi connectivity index (χ2n) is 9.21. The van der Waals surface area contributed by atoms with Gasteiger partial charge < -0.3 is 15.0 Å². The Bertz CT molecular complexity index is 1450. The Labute approximate surface area is 233 Å². The average molecular weight is 545 g/mol. The molecule has 0 aliphatic carbocycles. The number of fused-ring (bicyclic) bond motifs is 1. The molecule has 1 fully saturated rings. The van der Waals surface area contributed by atoms with E-state index in [1.54, 1.807) is 7.11 Å². The van der Waals surface area contributed by atoms with Crippen LogP contribution in [0.4, 0.5) is 11.4 Å². The number of halogens is 1. The van der Waals surface area contributed by atoms with Gasteiger partial charge in [0, 0.05) is 49.1 Å². The highest BCUT2D eigenvalue weighted by Crippen LogP contribution is 2.26. The maximum absolute atomic E-state index is 13.0. The number of hydrogen-bond acceptors (Lipinski definition) is 5. The van der Waals surface area contributed by atoms with E-state index in [-0.39, 0.29) is 11.0 Å². The highest BCUT2D eigenvalue weighted by atomic mass is 35.5. The van der Waals surface area contributed by atoms with Crippen LogP contribution in [0.15, 0.2) is 84.9 Å². The van der Waals surface area contributed by atoms with E-state index in [1.165, 1.54) is 5.56 Å². The van der Waals surface area contributed by atoms with Crippen LogP contribution in [0.3, 0.4) is 0 Å². The van der Waals surface area contributed by atoms with E-state index in [2.05, 4.69) is 38.6 Å². The molecule has 0 bridgehead atoms. The van der Waals surface area contributed by atoms with Crippen LogP contribution in [0.1, 0.15) is 15.9 Å². The van der Waals surface area contributed by atoms with Crippen LogP contribution >= 0.6 is 23.8 Å². The number of benzene rings is 4. The summed E-state index contributed by atoms with van der Waals surface area (Å²) < 4.78 is 5.45. The van der Waals surface area contributed by atoms with Crippen molar-refractivity contribution in [2.24, 2.45) is 0 Å². The highest BCUT2D eigenvalue weighted by Gasteiger charge is 2.19. The van der Waals surface area contributed by atoms with Crippen LogP contribution in [-0.4, -0.2) is 49.2 Å². The van der Waals surface area contributed by atoms with Crippen molar-refractivity contribution in [2.75, 3.05) is 43.5 Å². The molecule has 38 heavy (non-hydrogen) atoms. The molecule has 1 saturated heterocycles. The third-order valence-corrected chi connectivity index (χ3v) is 7.33. The second kappa shape index (κ2) is 11.8. The number of nitrogens with one attached hydrogen (secondary N) is 2. The maximum atomic E-state index is 13.0. The van der Waals surface area contributed by atoms with Gasteiger partial charge in [0.05, 0.1) is 12.7 Å². The summed E-state index contributed by atoms with van der Waals surface area (Å²) in [6.45, 7) is 4.70. The number of hydrogen-bond donors (Lipinski definition) is 2. The molecule has 8 heteroatoms. The molecular weight excluding hydrogens is 516 g/mol. The van der Waals surface area contributed by atoms with Crippen LogP contribution in [0.25, 0.3) is 10.8 Å². The molecule has 194 valence electrons. The third kappa shape index (κ3) is 6.07. The molecule has 1 aliphatic rings. The Kier molecular flexibility index (Phi) is 8.08. The van der Waals surface area contributed by atoms with E-state index in [9.17, 15) is 4.79 Å². The fraction of sp³-hybridized carbons (Fsp3) is 0.200. The Balaban J connectivity index is 1.15. The molecule has 0 aromatic heterocycles. The molecule has 0 saturated carbocycles. The second-order valence-corrected chi connectivity index (χ2v) is 10.0. The largest absolute Gasteiger partial charge is 0.496 e. The molecule has 1 aliphatic heterocycles. The van der Waals surface area contributed by atoms with Gasteiger partial charge in [-0.25, -0.2) is 0 Å². The summed E-state index contributed by atoms with van der Waals surface area (Å²) in [6, 6.07) is 27.6. The van der Waals surface area contributed by atoms with Crippen LogP contribution in [-0.2, 0) is 6.54 Å². The molecule has 1 amide bonds. The predicted molar refractivity (Wildman–Crippen MR) is 160 cm³/mol. The summed E-state index contributed by atoms with van der Waals surface area (Å²) >= 11 is 11.7. The zero-order chi connectivity index (χ0) is 26.5. The average Bonchev–Trinajstić information content (AvgIpc) is 2.94. The smallest absolute Gasteiger partial charge is 0.261 e. The number of piperazine rings is 1. The van der Waals surface area contributed by atoms with Gasteiger partial charge in [0.2, 0.25) is 0 Å². The number of rotatable bonds is 6. The Morgan fingerprint density at radius 1 is 0.921 bits per heavy atom. The molecule has 6 nitrogen and oxygen atoms in total. The van der Waals surface area contributed by atoms with Gasteiger partial charge in [0.25, 0.3) is 5.91 Å². The van der Waals surface area contributed by atoms with Crippen molar-refractivity contribution in [1.82, 2.24) is 10.2 Å². The minimum absolute atomic E-state index is 0.228. The van der Waals surface area contributed by atoms with Crippen molar-refractivity contribution in [3.8, 4) is 5.75 Å². The maximum Gasteiger partial charge on any atom is 0.261 e. The first-order valence-electron chi connectivity index (χ1n) is 12.5. The number of ether oxygens (including phenoxy) is 1.